The minimum Gasteiger partial charge on any atom is -0.421 e. The Hall–Kier alpha value is -0.810. The van der Waals surface area contributed by atoms with Crippen molar-refractivity contribution in [1.82, 2.24) is 0 Å². The van der Waals surface area contributed by atoms with E-state index in [1.165, 1.54) is 6.92 Å². The molecule has 1 saturated heterocycles. The number of carbonyl (C=O) groups is 1. The van der Waals surface area contributed by atoms with Crippen LogP contribution in [0.2, 0.25) is 0 Å². The number of ether oxygens (including phenoxy) is 2. The Balaban J connectivity index is 2.69. The highest BCUT2D eigenvalue weighted by atomic mass is 16.9. The van der Waals surface area contributed by atoms with E-state index in [0.717, 1.165) is 0 Å². The summed E-state index contributed by atoms with van der Waals surface area (Å²) in [7, 11) is 0. The Bertz CT molecular complexity index is 140. The molecule has 9 heavy (non-hydrogen) atoms. The molecule has 0 aromatic carbocycles. The number of cyclic esters (lactones) is 2. The zero-order valence-electron chi connectivity index (χ0n) is 4.70. The largest absolute Gasteiger partial charge is 0.513 e. The molecule has 1 unspecified atom stereocenters. The van der Waals surface area contributed by atoms with E-state index in [9.17, 15) is 4.79 Å². The van der Waals surface area contributed by atoms with E-state index in [2.05, 4.69) is 9.47 Å². The van der Waals surface area contributed by atoms with Crippen molar-refractivity contribution in [3.05, 3.63) is 0 Å². The second kappa shape index (κ2) is 1.58. The molecule has 1 aliphatic rings. The Kier molecular flexibility index (Phi) is 1.11. The quantitative estimate of drug-likeness (QED) is 0.334. The van der Waals surface area contributed by atoms with Crippen LogP contribution in [0.1, 0.15) is 6.92 Å². The second-order valence-electron chi connectivity index (χ2n) is 1.77. The van der Waals surface area contributed by atoms with Gasteiger partial charge in [0.1, 0.15) is 0 Å². The molecular weight excluding hydrogens is 128 g/mol. The van der Waals surface area contributed by atoms with Gasteiger partial charge in [0.15, 0.2) is 6.10 Å². The fourth-order valence-corrected chi connectivity index (χ4v) is 0.451. The summed E-state index contributed by atoms with van der Waals surface area (Å²) in [5, 5.41) is 17.2. The normalized spacial score (nSPS) is 31.4. The number of rotatable bonds is 0. The van der Waals surface area contributed by atoms with E-state index >= 15 is 0 Å². The number of carbonyl (C=O) groups excluding carboxylic acids is 1. The van der Waals surface area contributed by atoms with Crippen molar-refractivity contribution >= 4 is 6.16 Å². The lowest BCUT2D eigenvalue weighted by Crippen LogP contribution is -2.37. The molecule has 2 N–H and O–H groups in total. The van der Waals surface area contributed by atoms with Gasteiger partial charge in [-0.15, -0.1) is 0 Å². The highest BCUT2D eigenvalue weighted by molar-refractivity contribution is 5.62. The van der Waals surface area contributed by atoms with Crippen molar-refractivity contribution in [3.8, 4) is 0 Å². The molecule has 0 bridgehead atoms. The van der Waals surface area contributed by atoms with Gasteiger partial charge >= 0.3 is 12.1 Å². The van der Waals surface area contributed by atoms with Gasteiger partial charge in [-0.1, -0.05) is 0 Å². The highest BCUT2D eigenvalue weighted by Crippen LogP contribution is 2.20. The molecule has 0 aliphatic carbocycles. The van der Waals surface area contributed by atoms with E-state index in [4.69, 9.17) is 10.2 Å². The van der Waals surface area contributed by atoms with Crippen LogP contribution in [0.4, 0.5) is 4.79 Å². The van der Waals surface area contributed by atoms with Crippen LogP contribution < -0.4 is 0 Å². The van der Waals surface area contributed by atoms with E-state index in [1.807, 2.05) is 0 Å². The predicted octanol–water partition coefficient (Wildman–Crippen LogP) is -0.820. The van der Waals surface area contributed by atoms with Crippen LogP contribution in [0.5, 0.6) is 0 Å². The first-order valence-corrected chi connectivity index (χ1v) is 2.37. The van der Waals surface area contributed by atoms with Crippen molar-refractivity contribution in [2.45, 2.75) is 19.0 Å². The molecule has 0 aromatic heterocycles. The van der Waals surface area contributed by atoms with Crippen LogP contribution in [-0.2, 0) is 9.47 Å². The van der Waals surface area contributed by atoms with Crippen molar-refractivity contribution in [1.29, 1.82) is 0 Å². The molecule has 1 rings (SSSR count). The van der Waals surface area contributed by atoms with Crippen molar-refractivity contribution in [2.24, 2.45) is 0 Å². The summed E-state index contributed by atoms with van der Waals surface area (Å²) in [6.07, 6.45) is -2.09. The van der Waals surface area contributed by atoms with Crippen LogP contribution in [0.15, 0.2) is 0 Å². The summed E-state index contributed by atoms with van der Waals surface area (Å²) >= 11 is 0. The Morgan fingerprint density at radius 3 is 2.33 bits per heavy atom. The van der Waals surface area contributed by atoms with E-state index < -0.39 is 18.2 Å². The molecule has 5 heteroatoms. The molecule has 0 amide bonds. The molecule has 0 radical (unpaired) electrons. The minimum atomic E-state index is -2.45. The lowest BCUT2D eigenvalue weighted by Gasteiger charge is -2.12. The van der Waals surface area contributed by atoms with Crippen molar-refractivity contribution in [3.63, 3.8) is 0 Å². The van der Waals surface area contributed by atoms with Crippen LogP contribution in [0.25, 0.3) is 0 Å². The molecule has 52 valence electrons. The van der Waals surface area contributed by atoms with Gasteiger partial charge in [0.05, 0.1) is 0 Å². The smallest absolute Gasteiger partial charge is 0.421 e. The molecule has 1 atom stereocenters. The Morgan fingerprint density at radius 1 is 1.67 bits per heavy atom. The topological polar surface area (TPSA) is 76.0 Å². The first kappa shape index (κ1) is 6.31. The van der Waals surface area contributed by atoms with Crippen molar-refractivity contribution in [2.75, 3.05) is 0 Å². The Labute approximate surface area is 50.8 Å². The first-order valence-electron chi connectivity index (χ1n) is 2.37. The average molecular weight is 134 g/mol. The second-order valence-corrected chi connectivity index (χ2v) is 1.77. The van der Waals surface area contributed by atoms with Gasteiger partial charge in [0.2, 0.25) is 0 Å². The average Bonchev–Trinajstić information content (AvgIpc) is 1.79. The molecule has 1 heterocycles. The lowest BCUT2D eigenvalue weighted by molar-refractivity contribution is -0.306. The maximum Gasteiger partial charge on any atom is 0.513 e. The fraction of sp³-hybridized carbons (Fsp3) is 0.750. The SMILES string of the molecule is CC1OC(=O)OC1(O)O. The van der Waals surface area contributed by atoms with Gasteiger partial charge in [-0.2, -0.15) is 0 Å². The van der Waals surface area contributed by atoms with Crippen LogP contribution in [0, 0.1) is 0 Å². The van der Waals surface area contributed by atoms with Gasteiger partial charge in [-0.25, -0.2) is 4.79 Å². The molecule has 0 saturated carbocycles. The lowest BCUT2D eigenvalue weighted by atomic mass is 10.3. The third-order valence-corrected chi connectivity index (χ3v) is 1.04. The minimum absolute atomic E-state index is 1.02. The summed E-state index contributed by atoms with van der Waals surface area (Å²) in [5.41, 5.74) is 0. The summed E-state index contributed by atoms with van der Waals surface area (Å²) in [6, 6.07) is 0. The number of aliphatic hydroxyl groups is 2. The van der Waals surface area contributed by atoms with Gasteiger partial charge in [0, 0.05) is 0 Å². The van der Waals surface area contributed by atoms with Gasteiger partial charge in [-0.3, -0.25) is 0 Å². The molecule has 1 fully saturated rings. The van der Waals surface area contributed by atoms with E-state index in [1.54, 1.807) is 0 Å². The maximum absolute atomic E-state index is 10.1. The Morgan fingerprint density at radius 2 is 2.22 bits per heavy atom. The number of hydrogen-bond acceptors (Lipinski definition) is 5. The molecule has 0 spiro atoms. The summed E-state index contributed by atoms with van der Waals surface area (Å²) in [6.45, 7) is 1.31. The van der Waals surface area contributed by atoms with Gasteiger partial charge in [-0.05, 0) is 6.92 Å². The molecule has 5 nitrogen and oxygen atoms in total. The van der Waals surface area contributed by atoms with Gasteiger partial charge in [0.25, 0.3) is 0 Å². The van der Waals surface area contributed by atoms with Crippen LogP contribution >= 0.6 is 0 Å². The highest BCUT2D eigenvalue weighted by Gasteiger charge is 2.46. The fourth-order valence-electron chi connectivity index (χ4n) is 0.451. The maximum atomic E-state index is 10.1. The third-order valence-electron chi connectivity index (χ3n) is 1.04. The van der Waals surface area contributed by atoms with E-state index in [-0.39, 0.29) is 0 Å². The molecule has 0 aromatic rings. The zero-order valence-corrected chi connectivity index (χ0v) is 4.70. The summed E-state index contributed by atoms with van der Waals surface area (Å²) in [5.74, 6) is -2.45. The van der Waals surface area contributed by atoms with E-state index in [0.29, 0.717) is 0 Å². The zero-order chi connectivity index (χ0) is 7.07. The standard InChI is InChI=1S/C4H6O5/c1-2-4(6,7)9-3(5)8-2/h2,6-7H,1H3. The summed E-state index contributed by atoms with van der Waals surface area (Å²) in [4.78, 5) is 10.1. The van der Waals surface area contributed by atoms with Crippen LogP contribution in [-0.4, -0.2) is 28.4 Å². The summed E-state index contributed by atoms with van der Waals surface area (Å²) < 4.78 is 8.13. The predicted molar refractivity (Wildman–Crippen MR) is 24.2 cm³/mol. The van der Waals surface area contributed by atoms with Gasteiger partial charge < -0.3 is 19.7 Å². The molecular formula is C4H6O5. The molecule has 1 aliphatic heterocycles. The third kappa shape index (κ3) is 0.962. The first-order chi connectivity index (χ1) is 4.02. The van der Waals surface area contributed by atoms with Crippen LogP contribution in [0.3, 0.4) is 0 Å². The monoisotopic (exact) mass is 134 g/mol. The number of hydrogen-bond donors (Lipinski definition) is 2. The van der Waals surface area contributed by atoms with Crippen molar-refractivity contribution < 1.29 is 24.5 Å².